The van der Waals surface area contributed by atoms with Crippen molar-refractivity contribution in [3.05, 3.63) is 78.0 Å². The third-order valence-corrected chi connectivity index (χ3v) is 6.36. The average Bonchev–Trinajstić information content (AvgIpc) is 3.17. The first-order valence-corrected chi connectivity index (χ1v) is 11.2. The summed E-state index contributed by atoms with van der Waals surface area (Å²) in [6.07, 6.45) is 7.13. The molecule has 1 N–H and O–H groups in total. The van der Waals surface area contributed by atoms with E-state index in [0.29, 0.717) is 22.6 Å². The topological polar surface area (TPSA) is 63.1 Å². The van der Waals surface area contributed by atoms with Gasteiger partial charge in [-0.2, -0.15) is 0 Å². The van der Waals surface area contributed by atoms with Gasteiger partial charge in [-0.15, -0.1) is 0 Å². The molecule has 33 heavy (non-hydrogen) atoms. The minimum absolute atomic E-state index is 0.0623. The van der Waals surface area contributed by atoms with Gasteiger partial charge >= 0.3 is 0 Å². The second kappa shape index (κ2) is 8.75. The molecule has 0 aliphatic carbocycles. The molecule has 1 aliphatic heterocycles. The zero-order valence-corrected chi connectivity index (χ0v) is 18.8. The molecule has 1 aliphatic rings. The van der Waals surface area contributed by atoms with Gasteiger partial charge in [0, 0.05) is 46.7 Å². The summed E-state index contributed by atoms with van der Waals surface area (Å²) in [5.41, 5.74) is 3.62. The number of aromatic nitrogens is 3. The van der Waals surface area contributed by atoms with Crippen LogP contribution in [0.2, 0.25) is 0 Å². The standard InChI is InChI=1S/C26H26FN5O/c1-17-16-32(26-28-14-19(15-29-26)22-5-3-4-6-23(22)27)24-13-18(7-8-21(17)24)25(33)30-20-9-11-31(2)12-10-20/h3-8,13-16,20H,9-12H2,1-2H3,(H,30,33). The number of amides is 1. The number of hydrogen-bond donors (Lipinski definition) is 1. The molecule has 1 fully saturated rings. The van der Waals surface area contributed by atoms with Crippen LogP contribution in [0.25, 0.3) is 28.0 Å². The smallest absolute Gasteiger partial charge is 0.251 e. The van der Waals surface area contributed by atoms with Gasteiger partial charge in [0.05, 0.1) is 5.52 Å². The summed E-state index contributed by atoms with van der Waals surface area (Å²) in [5.74, 6) is 0.102. The lowest BCUT2D eigenvalue weighted by molar-refractivity contribution is 0.0917. The molecule has 7 heteroatoms. The number of likely N-dealkylation sites (tertiary alicyclic amines) is 1. The second-order valence-electron chi connectivity index (χ2n) is 8.72. The molecule has 0 unspecified atom stereocenters. The van der Waals surface area contributed by atoms with Crippen molar-refractivity contribution < 1.29 is 9.18 Å². The molecule has 0 bridgehead atoms. The van der Waals surface area contributed by atoms with E-state index in [9.17, 15) is 9.18 Å². The number of carbonyl (C=O) groups excluding carboxylic acids is 1. The highest BCUT2D eigenvalue weighted by molar-refractivity contribution is 5.99. The SMILES string of the molecule is Cc1cn(-c2ncc(-c3ccccc3F)cn2)c2cc(C(=O)NC3CCN(C)CC3)ccc12. The first-order chi connectivity index (χ1) is 16.0. The summed E-state index contributed by atoms with van der Waals surface area (Å²) in [4.78, 5) is 24.2. The number of fused-ring (bicyclic) bond motifs is 1. The van der Waals surface area contributed by atoms with Crippen LogP contribution < -0.4 is 5.32 Å². The van der Waals surface area contributed by atoms with Crippen molar-refractivity contribution >= 4 is 16.8 Å². The van der Waals surface area contributed by atoms with Crippen molar-refractivity contribution in [2.75, 3.05) is 20.1 Å². The molecule has 168 valence electrons. The number of carbonyl (C=O) groups is 1. The van der Waals surface area contributed by atoms with E-state index in [1.165, 1.54) is 6.07 Å². The lowest BCUT2D eigenvalue weighted by Crippen LogP contribution is -2.43. The fraction of sp³-hybridized carbons (Fsp3) is 0.269. The summed E-state index contributed by atoms with van der Waals surface area (Å²) in [7, 11) is 2.10. The highest BCUT2D eigenvalue weighted by Gasteiger charge is 2.20. The zero-order chi connectivity index (χ0) is 22.9. The minimum Gasteiger partial charge on any atom is -0.349 e. The first kappa shape index (κ1) is 21.3. The largest absolute Gasteiger partial charge is 0.349 e. The molecule has 5 rings (SSSR count). The van der Waals surface area contributed by atoms with Gasteiger partial charge in [0.25, 0.3) is 5.91 Å². The van der Waals surface area contributed by atoms with Crippen LogP contribution in [0.15, 0.2) is 61.1 Å². The number of nitrogens with zero attached hydrogens (tertiary/aromatic N) is 4. The Morgan fingerprint density at radius 3 is 2.55 bits per heavy atom. The summed E-state index contributed by atoms with van der Waals surface area (Å²) >= 11 is 0. The summed E-state index contributed by atoms with van der Waals surface area (Å²) in [5, 5.41) is 4.21. The fourth-order valence-corrected chi connectivity index (χ4v) is 4.41. The monoisotopic (exact) mass is 443 g/mol. The Morgan fingerprint density at radius 2 is 1.82 bits per heavy atom. The number of benzene rings is 2. The molecule has 2 aromatic heterocycles. The Bertz CT molecular complexity index is 1310. The lowest BCUT2D eigenvalue weighted by atomic mass is 10.0. The first-order valence-electron chi connectivity index (χ1n) is 11.2. The number of piperidine rings is 1. The average molecular weight is 444 g/mol. The molecule has 6 nitrogen and oxygen atoms in total. The number of rotatable bonds is 4. The van der Waals surface area contributed by atoms with Crippen LogP contribution >= 0.6 is 0 Å². The van der Waals surface area contributed by atoms with Gasteiger partial charge in [-0.05, 0) is 63.7 Å². The van der Waals surface area contributed by atoms with Crippen molar-refractivity contribution in [2.24, 2.45) is 0 Å². The van der Waals surface area contributed by atoms with Crippen molar-refractivity contribution in [1.82, 2.24) is 24.8 Å². The third kappa shape index (κ3) is 4.24. The highest BCUT2D eigenvalue weighted by atomic mass is 19.1. The van der Waals surface area contributed by atoms with Gasteiger partial charge in [0.2, 0.25) is 5.95 Å². The van der Waals surface area contributed by atoms with Crippen LogP contribution in [-0.4, -0.2) is 51.5 Å². The maximum absolute atomic E-state index is 14.1. The molecule has 2 aromatic carbocycles. The molecular weight excluding hydrogens is 417 g/mol. The molecule has 0 saturated carbocycles. The van der Waals surface area contributed by atoms with Gasteiger partial charge < -0.3 is 10.2 Å². The van der Waals surface area contributed by atoms with Gasteiger partial charge in [-0.3, -0.25) is 9.36 Å². The van der Waals surface area contributed by atoms with Crippen LogP contribution in [0, 0.1) is 12.7 Å². The van der Waals surface area contributed by atoms with E-state index in [-0.39, 0.29) is 17.8 Å². The lowest BCUT2D eigenvalue weighted by Gasteiger charge is -2.29. The normalized spacial score (nSPS) is 15.1. The zero-order valence-electron chi connectivity index (χ0n) is 18.8. The Kier molecular flexibility index (Phi) is 5.64. The van der Waals surface area contributed by atoms with Gasteiger partial charge in [0.1, 0.15) is 5.82 Å². The van der Waals surface area contributed by atoms with Crippen molar-refractivity contribution in [3.8, 4) is 17.1 Å². The maximum atomic E-state index is 14.1. The Hall–Kier alpha value is -3.58. The Morgan fingerprint density at radius 1 is 1.09 bits per heavy atom. The molecule has 0 spiro atoms. The van der Waals surface area contributed by atoms with Gasteiger partial charge in [0.15, 0.2) is 0 Å². The van der Waals surface area contributed by atoms with Gasteiger partial charge in [-0.25, -0.2) is 14.4 Å². The van der Waals surface area contributed by atoms with E-state index in [0.717, 1.165) is 42.4 Å². The van der Waals surface area contributed by atoms with Crippen LogP contribution in [-0.2, 0) is 0 Å². The third-order valence-electron chi connectivity index (χ3n) is 6.36. The molecular formula is C26H26FN5O. The molecule has 4 aromatic rings. The van der Waals surface area contributed by atoms with Crippen LogP contribution in [0.5, 0.6) is 0 Å². The van der Waals surface area contributed by atoms with E-state index >= 15 is 0 Å². The van der Waals surface area contributed by atoms with E-state index in [1.54, 1.807) is 30.6 Å². The van der Waals surface area contributed by atoms with Crippen molar-refractivity contribution in [2.45, 2.75) is 25.8 Å². The van der Waals surface area contributed by atoms with E-state index in [4.69, 9.17) is 0 Å². The maximum Gasteiger partial charge on any atom is 0.251 e. The van der Waals surface area contributed by atoms with Crippen molar-refractivity contribution in [1.29, 1.82) is 0 Å². The van der Waals surface area contributed by atoms with E-state index in [1.807, 2.05) is 35.9 Å². The predicted molar refractivity (Wildman–Crippen MR) is 127 cm³/mol. The Labute approximate surface area is 192 Å². The summed E-state index contributed by atoms with van der Waals surface area (Å²) in [6.45, 7) is 4.00. The quantitative estimate of drug-likeness (QED) is 0.509. The number of halogens is 1. The molecule has 0 radical (unpaired) electrons. The number of hydrogen-bond acceptors (Lipinski definition) is 4. The number of nitrogens with one attached hydrogen (secondary N) is 1. The van der Waals surface area contributed by atoms with Crippen molar-refractivity contribution in [3.63, 3.8) is 0 Å². The van der Waals surface area contributed by atoms with Crippen LogP contribution in [0.3, 0.4) is 0 Å². The predicted octanol–water partition coefficient (Wildman–Crippen LogP) is 4.36. The Balaban J connectivity index is 1.44. The minimum atomic E-state index is -0.309. The fourth-order valence-electron chi connectivity index (χ4n) is 4.41. The second-order valence-corrected chi connectivity index (χ2v) is 8.72. The summed E-state index contributed by atoms with van der Waals surface area (Å²) < 4.78 is 16.0. The molecule has 3 heterocycles. The van der Waals surface area contributed by atoms with Gasteiger partial charge in [-0.1, -0.05) is 24.3 Å². The van der Waals surface area contributed by atoms with E-state index < -0.39 is 0 Å². The molecule has 1 amide bonds. The van der Waals surface area contributed by atoms with Crippen LogP contribution in [0.4, 0.5) is 4.39 Å². The highest BCUT2D eigenvalue weighted by Crippen LogP contribution is 2.26. The van der Waals surface area contributed by atoms with E-state index in [2.05, 4.69) is 27.2 Å². The van der Waals surface area contributed by atoms with Crippen LogP contribution in [0.1, 0.15) is 28.8 Å². The summed E-state index contributed by atoms with van der Waals surface area (Å²) in [6, 6.07) is 12.5. The number of aryl methyl sites for hydroxylation is 1. The molecule has 0 atom stereocenters. The molecule has 1 saturated heterocycles.